The lowest BCUT2D eigenvalue weighted by Crippen LogP contribution is -2.32. The number of hydrogen-bond donors (Lipinski definition) is 0. The van der Waals surface area contributed by atoms with Crippen LogP contribution < -0.4 is 0 Å². The highest BCUT2D eigenvalue weighted by molar-refractivity contribution is 5.10. The van der Waals surface area contributed by atoms with Crippen molar-refractivity contribution in [3.8, 4) is 0 Å². The van der Waals surface area contributed by atoms with Crippen molar-refractivity contribution < 1.29 is 0 Å². The molecule has 2 aromatic heterocycles. The first-order valence-corrected chi connectivity index (χ1v) is 9.01. The number of rotatable bonds is 3. The summed E-state index contributed by atoms with van der Waals surface area (Å²) < 4.78 is 2.40. The third kappa shape index (κ3) is 3.35. The van der Waals surface area contributed by atoms with Crippen molar-refractivity contribution in [3.63, 3.8) is 0 Å². The van der Waals surface area contributed by atoms with Gasteiger partial charge < -0.3 is 9.47 Å². The Kier molecular flexibility index (Phi) is 4.58. The van der Waals surface area contributed by atoms with Crippen LogP contribution in [0.25, 0.3) is 0 Å². The molecule has 4 rings (SSSR count). The second-order valence-corrected chi connectivity index (χ2v) is 7.11. The molecule has 1 atom stereocenters. The third-order valence-electron chi connectivity index (χ3n) is 5.29. The van der Waals surface area contributed by atoms with Crippen LogP contribution in [-0.2, 0) is 19.5 Å². The van der Waals surface area contributed by atoms with Gasteiger partial charge >= 0.3 is 0 Å². The molecule has 1 fully saturated rings. The zero-order valence-electron chi connectivity index (χ0n) is 14.4. The number of piperidine rings is 1. The molecule has 0 aromatic carbocycles. The van der Waals surface area contributed by atoms with Crippen LogP contribution in [0.15, 0.2) is 24.5 Å². The summed E-state index contributed by atoms with van der Waals surface area (Å²) in [4.78, 5) is 9.04. The summed E-state index contributed by atoms with van der Waals surface area (Å²) in [5.74, 6) is 2.91. The largest absolute Gasteiger partial charge is 0.313 e. The zero-order valence-corrected chi connectivity index (χ0v) is 14.4. The first-order valence-electron chi connectivity index (χ1n) is 9.01. The Bertz CT molecular complexity index is 667. The highest BCUT2D eigenvalue weighted by Crippen LogP contribution is 2.26. The molecule has 1 saturated heterocycles. The average molecular weight is 326 g/mol. The Labute approximate surface area is 143 Å². The van der Waals surface area contributed by atoms with Crippen LogP contribution in [0, 0.1) is 0 Å². The van der Waals surface area contributed by atoms with Crippen LogP contribution in [0.5, 0.6) is 0 Å². The fraction of sp³-hybridized carbons (Fsp3) is 0.611. The van der Waals surface area contributed by atoms with Crippen molar-refractivity contribution in [2.75, 3.05) is 33.2 Å². The van der Waals surface area contributed by atoms with Crippen LogP contribution in [0.1, 0.15) is 36.0 Å². The smallest absolute Gasteiger partial charge is 0.137 e. The van der Waals surface area contributed by atoms with Crippen molar-refractivity contribution in [2.24, 2.45) is 0 Å². The van der Waals surface area contributed by atoms with Crippen LogP contribution in [-0.4, -0.2) is 62.8 Å². The van der Waals surface area contributed by atoms with E-state index in [2.05, 4.69) is 48.7 Å². The van der Waals surface area contributed by atoms with Crippen LogP contribution in [0.3, 0.4) is 0 Å². The molecule has 2 aromatic rings. The Hall–Kier alpha value is -1.79. The van der Waals surface area contributed by atoms with E-state index < -0.39 is 0 Å². The summed E-state index contributed by atoms with van der Waals surface area (Å²) in [6.07, 6.45) is 7.24. The minimum atomic E-state index is 0.539. The summed E-state index contributed by atoms with van der Waals surface area (Å²) >= 11 is 0. The number of pyridine rings is 1. The summed E-state index contributed by atoms with van der Waals surface area (Å²) in [5.41, 5.74) is 1.33. The summed E-state index contributed by atoms with van der Waals surface area (Å²) in [5, 5.41) is 9.08. The van der Waals surface area contributed by atoms with E-state index >= 15 is 0 Å². The van der Waals surface area contributed by atoms with E-state index in [9.17, 15) is 0 Å². The molecule has 0 radical (unpaired) electrons. The molecule has 0 saturated carbocycles. The maximum Gasteiger partial charge on any atom is 0.137 e. The number of likely N-dealkylation sites (tertiary alicyclic amines) is 1. The lowest BCUT2D eigenvalue weighted by atomic mass is 9.97. The molecule has 2 aliphatic rings. The van der Waals surface area contributed by atoms with E-state index in [1.165, 1.54) is 30.8 Å². The average Bonchev–Trinajstić information content (AvgIpc) is 2.91. The molecule has 1 unspecified atom stereocenters. The molecule has 4 heterocycles. The second-order valence-electron chi connectivity index (χ2n) is 7.11. The molecule has 0 amide bonds. The fourth-order valence-corrected chi connectivity index (χ4v) is 3.97. The van der Waals surface area contributed by atoms with E-state index in [1.54, 1.807) is 0 Å². The van der Waals surface area contributed by atoms with E-state index in [4.69, 9.17) is 0 Å². The predicted octanol–water partition coefficient (Wildman–Crippen LogP) is 1.54. The van der Waals surface area contributed by atoms with Gasteiger partial charge in [0.1, 0.15) is 11.6 Å². The van der Waals surface area contributed by atoms with Gasteiger partial charge in [-0.2, -0.15) is 0 Å². The van der Waals surface area contributed by atoms with Gasteiger partial charge in [-0.15, -0.1) is 10.2 Å². The normalized spacial score (nSPS) is 23.0. The first kappa shape index (κ1) is 15.7. The minimum Gasteiger partial charge on any atom is -0.313 e. The molecule has 0 N–H and O–H groups in total. The van der Waals surface area contributed by atoms with Gasteiger partial charge in [0.05, 0.1) is 0 Å². The standard InChI is InChI=1S/C18H26N6/c1-22-9-2-3-16(14-22)18-21-20-17-6-10-23(11-12-24(17)18)13-15-4-7-19-8-5-15/h4-5,7-8,16H,2-3,6,9-14H2,1H3. The molecule has 2 aliphatic heterocycles. The van der Waals surface area contributed by atoms with E-state index in [1.807, 2.05) is 12.4 Å². The topological polar surface area (TPSA) is 50.1 Å². The van der Waals surface area contributed by atoms with Gasteiger partial charge in [-0.25, -0.2) is 0 Å². The maximum atomic E-state index is 4.57. The van der Waals surface area contributed by atoms with Crippen molar-refractivity contribution >= 4 is 0 Å². The summed E-state index contributed by atoms with van der Waals surface area (Å²) in [7, 11) is 2.21. The molecular formula is C18H26N6. The number of aromatic nitrogens is 4. The fourth-order valence-electron chi connectivity index (χ4n) is 3.97. The number of fused-ring (bicyclic) bond motifs is 1. The predicted molar refractivity (Wildman–Crippen MR) is 92.7 cm³/mol. The number of nitrogens with zero attached hydrogens (tertiary/aromatic N) is 6. The quantitative estimate of drug-likeness (QED) is 0.856. The molecule has 0 aliphatic carbocycles. The van der Waals surface area contributed by atoms with Gasteiger partial charge in [-0.1, -0.05) is 0 Å². The lowest BCUT2D eigenvalue weighted by molar-refractivity contribution is 0.239. The van der Waals surface area contributed by atoms with E-state index in [0.29, 0.717) is 5.92 Å². The first-order chi connectivity index (χ1) is 11.8. The number of likely N-dealkylation sites (N-methyl/N-ethyl adjacent to an activating group) is 1. The molecule has 128 valence electrons. The van der Waals surface area contributed by atoms with Gasteiger partial charge in [-0.3, -0.25) is 9.88 Å². The van der Waals surface area contributed by atoms with E-state index in [-0.39, 0.29) is 0 Å². The Morgan fingerprint density at radius 2 is 1.96 bits per heavy atom. The van der Waals surface area contributed by atoms with Gasteiger partial charge in [-0.05, 0) is 44.1 Å². The van der Waals surface area contributed by atoms with Crippen LogP contribution in [0.2, 0.25) is 0 Å². The van der Waals surface area contributed by atoms with Crippen LogP contribution >= 0.6 is 0 Å². The van der Waals surface area contributed by atoms with E-state index in [0.717, 1.165) is 45.0 Å². The SMILES string of the molecule is CN1CCCC(c2nnc3n2CCN(Cc2ccncc2)CC3)C1. The molecule has 0 bridgehead atoms. The zero-order chi connectivity index (χ0) is 16.4. The molecule has 6 nitrogen and oxygen atoms in total. The summed E-state index contributed by atoms with van der Waals surface area (Å²) in [6, 6.07) is 4.21. The van der Waals surface area contributed by atoms with Crippen molar-refractivity contribution in [1.29, 1.82) is 0 Å². The lowest BCUT2D eigenvalue weighted by Gasteiger charge is -2.29. The van der Waals surface area contributed by atoms with Gasteiger partial charge in [0.15, 0.2) is 0 Å². The van der Waals surface area contributed by atoms with Crippen molar-refractivity contribution in [1.82, 2.24) is 29.5 Å². The maximum absolute atomic E-state index is 4.57. The molecule has 6 heteroatoms. The third-order valence-corrected chi connectivity index (χ3v) is 5.29. The Morgan fingerprint density at radius 1 is 1.08 bits per heavy atom. The Balaban J connectivity index is 1.45. The minimum absolute atomic E-state index is 0.539. The second kappa shape index (κ2) is 6.99. The van der Waals surface area contributed by atoms with Gasteiger partial charge in [0.2, 0.25) is 0 Å². The molecule has 0 spiro atoms. The summed E-state index contributed by atoms with van der Waals surface area (Å²) in [6.45, 7) is 6.41. The molecular weight excluding hydrogens is 300 g/mol. The van der Waals surface area contributed by atoms with Crippen molar-refractivity contribution in [2.45, 2.75) is 38.3 Å². The monoisotopic (exact) mass is 326 g/mol. The van der Waals surface area contributed by atoms with Crippen molar-refractivity contribution in [3.05, 3.63) is 41.7 Å². The van der Waals surface area contributed by atoms with Gasteiger partial charge in [0.25, 0.3) is 0 Å². The molecule has 24 heavy (non-hydrogen) atoms. The Morgan fingerprint density at radius 3 is 2.79 bits per heavy atom. The number of hydrogen-bond acceptors (Lipinski definition) is 5. The van der Waals surface area contributed by atoms with Gasteiger partial charge in [0, 0.05) is 57.5 Å². The highest BCUT2D eigenvalue weighted by Gasteiger charge is 2.26. The highest BCUT2D eigenvalue weighted by atomic mass is 15.3. The van der Waals surface area contributed by atoms with Crippen LogP contribution in [0.4, 0.5) is 0 Å².